The molecule has 202 valence electrons. The molecule has 1 fully saturated rings. The van der Waals surface area contributed by atoms with Gasteiger partial charge in [0, 0.05) is 24.5 Å². The highest BCUT2D eigenvalue weighted by Crippen LogP contribution is 2.29. The molecule has 2 N–H and O–H groups in total. The number of aliphatic hydroxyl groups is 1. The molecule has 1 aliphatic heterocycles. The molecule has 2 aromatic heterocycles. The van der Waals surface area contributed by atoms with E-state index in [0.717, 1.165) is 23.2 Å². The number of aliphatic hydroxyl groups excluding tert-OH is 1. The Bertz CT molecular complexity index is 1260. The van der Waals surface area contributed by atoms with Gasteiger partial charge < -0.3 is 15.3 Å². The van der Waals surface area contributed by atoms with Crippen LogP contribution in [0.4, 0.5) is 0 Å². The van der Waals surface area contributed by atoms with E-state index in [0.29, 0.717) is 23.7 Å². The molecule has 0 radical (unpaired) electrons. The fourth-order valence-electron chi connectivity index (χ4n) is 4.84. The Morgan fingerprint density at radius 1 is 1.16 bits per heavy atom. The minimum Gasteiger partial charge on any atom is -0.394 e. The summed E-state index contributed by atoms with van der Waals surface area (Å²) in [5.41, 5.74) is 3.07. The maximum Gasteiger partial charge on any atom is 0.248 e. The third-order valence-corrected chi connectivity index (χ3v) is 7.28. The Labute approximate surface area is 228 Å². The van der Waals surface area contributed by atoms with Crippen LogP contribution in [0, 0.1) is 5.92 Å². The highest BCUT2D eigenvalue weighted by atomic mass is 35.5. The van der Waals surface area contributed by atoms with Crippen molar-refractivity contribution in [3.8, 4) is 11.3 Å². The molecule has 4 rings (SSSR count). The number of amides is 2. The first-order chi connectivity index (χ1) is 18.2. The summed E-state index contributed by atoms with van der Waals surface area (Å²) >= 11 is 6.26. The third-order valence-electron chi connectivity index (χ3n) is 6.97. The van der Waals surface area contributed by atoms with Crippen molar-refractivity contribution in [2.24, 2.45) is 5.92 Å². The van der Waals surface area contributed by atoms with E-state index in [2.05, 4.69) is 20.6 Å². The van der Waals surface area contributed by atoms with E-state index in [1.165, 1.54) is 0 Å². The molecule has 38 heavy (non-hydrogen) atoms. The molecule has 1 aliphatic rings. The van der Waals surface area contributed by atoms with Gasteiger partial charge in [0.25, 0.3) is 0 Å². The van der Waals surface area contributed by atoms with Crippen LogP contribution in [0.1, 0.15) is 69.8 Å². The number of halogens is 1. The van der Waals surface area contributed by atoms with Crippen molar-refractivity contribution in [3.05, 3.63) is 65.1 Å². The number of benzene rings is 1. The highest BCUT2D eigenvalue weighted by molar-refractivity contribution is 6.33. The monoisotopic (exact) mass is 538 g/mol. The molecule has 3 atom stereocenters. The maximum absolute atomic E-state index is 13.7. The molecular formula is C28H35ClN6O3. The molecule has 10 heteroatoms. The number of likely N-dealkylation sites (tertiary alicyclic amines) is 1. The summed E-state index contributed by atoms with van der Waals surface area (Å²) in [6.45, 7) is 8.21. The first kappa shape index (κ1) is 27.7. The van der Waals surface area contributed by atoms with E-state index in [1.54, 1.807) is 27.9 Å². The van der Waals surface area contributed by atoms with Gasteiger partial charge in [-0.25, -0.2) is 4.68 Å². The lowest BCUT2D eigenvalue weighted by atomic mass is 10.0. The standard InChI is InChI=1S/C28H35ClN6O3/c1-17(2)22-15-35(33-32-22)26(18(3)4)28(38)34-14-6-8-24(34)27(37)31-23(16-36)19-9-11-20(12-10-19)25-21(29)7-5-13-30-25/h5,7,9-13,15,17-18,23-24,26,36H,6,8,14,16H2,1-4H3,(H,31,37)/t23-,24-,26-/m0/s1. The summed E-state index contributed by atoms with van der Waals surface area (Å²) < 4.78 is 1.63. The number of aromatic nitrogens is 4. The fraction of sp³-hybridized carbons (Fsp3) is 0.464. The molecule has 2 amide bonds. The van der Waals surface area contributed by atoms with Crippen LogP contribution in [-0.4, -0.2) is 61.0 Å². The minimum absolute atomic E-state index is 0.0372. The average Bonchev–Trinajstić information content (AvgIpc) is 3.58. The molecule has 0 saturated carbocycles. The largest absolute Gasteiger partial charge is 0.394 e. The lowest BCUT2D eigenvalue weighted by molar-refractivity contribution is -0.142. The molecule has 1 saturated heterocycles. The van der Waals surface area contributed by atoms with Gasteiger partial charge in [-0.3, -0.25) is 14.6 Å². The predicted molar refractivity (Wildman–Crippen MR) is 145 cm³/mol. The number of carbonyl (C=O) groups excluding carboxylic acids is 2. The van der Waals surface area contributed by atoms with E-state index < -0.39 is 18.1 Å². The van der Waals surface area contributed by atoms with Crippen molar-refractivity contribution in [2.45, 2.75) is 64.6 Å². The van der Waals surface area contributed by atoms with Gasteiger partial charge >= 0.3 is 0 Å². The number of carbonyl (C=O) groups is 2. The molecule has 0 bridgehead atoms. The van der Waals surface area contributed by atoms with Crippen molar-refractivity contribution < 1.29 is 14.7 Å². The van der Waals surface area contributed by atoms with Gasteiger partial charge in [0.15, 0.2) is 0 Å². The smallest absolute Gasteiger partial charge is 0.248 e. The van der Waals surface area contributed by atoms with Crippen molar-refractivity contribution in [1.82, 2.24) is 30.2 Å². The number of hydrogen-bond acceptors (Lipinski definition) is 6. The summed E-state index contributed by atoms with van der Waals surface area (Å²) in [4.78, 5) is 33.1. The summed E-state index contributed by atoms with van der Waals surface area (Å²) in [5, 5.41) is 22.0. The van der Waals surface area contributed by atoms with Crippen LogP contribution < -0.4 is 5.32 Å². The quantitative estimate of drug-likeness (QED) is 0.423. The number of rotatable bonds is 9. The highest BCUT2D eigenvalue weighted by Gasteiger charge is 2.39. The Balaban J connectivity index is 1.48. The molecule has 0 unspecified atom stereocenters. The van der Waals surface area contributed by atoms with E-state index in [-0.39, 0.29) is 30.3 Å². The lowest BCUT2D eigenvalue weighted by Gasteiger charge is -2.30. The van der Waals surface area contributed by atoms with E-state index in [1.807, 2.05) is 58.2 Å². The molecular weight excluding hydrogens is 504 g/mol. The van der Waals surface area contributed by atoms with Crippen LogP contribution in [0.15, 0.2) is 48.8 Å². The van der Waals surface area contributed by atoms with Crippen molar-refractivity contribution >= 4 is 23.4 Å². The Kier molecular flexibility index (Phi) is 8.79. The molecule has 3 aromatic rings. The van der Waals surface area contributed by atoms with Gasteiger partial charge in [-0.15, -0.1) is 5.10 Å². The molecule has 9 nitrogen and oxygen atoms in total. The normalized spacial score (nSPS) is 17.2. The van der Waals surface area contributed by atoms with Gasteiger partial charge in [-0.1, -0.05) is 68.8 Å². The lowest BCUT2D eigenvalue weighted by Crippen LogP contribution is -2.50. The summed E-state index contributed by atoms with van der Waals surface area (Å²) in [5.74, 6) is -0.266. The number of nitrogens with zero attached hydrogens (tertiary/aromatic N) is 5. The van der Waals surface area contributed by atoms with E-state index in [9.17, 15) is 14.7 Å². The fourth-order valence-corrected chi connectivity index (χ4v) is 5.07. The first-order valence-corrected chi connectivity index (χ1v) is 13.4. The topological polar surface area (TPSA) is 113 Å². The number of hydrogen-bond donors (Lipinski definition) is 2. The van der Waals surface area contributed by atoms with Gasteiger partial charge in [-0.2, -0.15) is 0 Å². The van der Waals surface area contributed by atoms with Crippen molar-refractivity contribution in [3.63, 3.8) is 0 Å². The second-order valence-corrected chi connectivity index (χ2v) is 10.8. The molecule has 1 aromatic carbocycles. The Morgan fingerprint density at radius 3 is 2.50 bits per heavy atom. The van der Waals surface area contributed by atoms with Crippen LogP contribution in [0.3, 0.4) is 0 Å². The number of pyridine rings is 1. The van der Waals surface area contributed by atoms with Crippen LogP contribution in [0.2, 0.25) is 5.02 Å². The average molecular weight is 539 g/mol. The van der Waals surface area contributed by atoms with E-state index >= 15 is 0 Å². The molecule has 0 spiro atoms. The first-order valence-electron chi connectivity index (χ1n) is 13.1. The van der Waals surface area contributed by atoms with Gasteiger partial charge in [0.2, 0.25) is 11.8 Å². The van der Waals surface area contributed by atoms with Gasteiger partial charge in [0.05, 0.1) is 29.1 Å². The maximum atomic E-state index is 13.7. The van der Waals surface area contributed by atoms with Crippen molar-refractivity contribution in [1.29, 1.82) is 0 Å². The minimum atomic E-state index is -0.613. The second-order valence-electron chi connectivity index (χ2n) is 10.4. The molecule has 0 aliphatic carbocycles. The van der Waals surface area contributed by atoms with Crippen molar-refractivity contribution in [2.75, 3.05) is 13.2 Å². The van der Waals surface area contributed by atoms with Gasteiger partial charge in [-0.05, 0) is 42.4 Å². The Hall–Kier alpha value is -3.30. The zero-order chi connectivity index (χ0) is 27.4. The second kappa shape index (κ2) is 12.0. The SMILES string of the molecule is CC(C)c1cn([C@H](C(=O)N2CCC[C@H]2C(=O)N[C@@H](CO)c2ccc(-c3ncccc3Cl)cc2)C(C)C)nn1. The van der Waals surface area contributed by atoms with Crippen LogP contribution >= 0.6 is 11.6 Å². The van der Waals surface area contributed by atoms with Crippen LogP contribution in [-0.2, 0) is 9.59 Å². The molecule has 3 heterocycles. The Morgan fingerprint density at radius 2 is 1.89 bits per heavy atom. The summed E-state index contributed by atoms with van der Waals surface area (Å²) in [6.07, 6.45) is 4.79. The van der Waals surface area contributed by atoms with E-state index in [4.69, 9.17) is 11.6 Å². The van der Waals surface area contributed by atoms with Crippen LogP contribution in [0.25, 0.3) is 11.3 Å². The summed E-state index contributed by atoms with van der Waals surface area (Å²) in [6, 6.07) is 9.17. The third kappa shape index (κ3) is 5.89. The summed E-state index contributed by atoms with van der Waals surface area (Å²) in [7, 11) is 0. The number of nitrogens with one attached hydrogen (secondary N) is 1. The zero-order valence-electron chi connectivity index (χ0n) is 22.2. The van der Waals surface area contributed by atoms with Crippen LogP contribution in [0.5, 0.6) is 0 Å². The van der Waals surface area contributed by atoms with Gasteiger partial charge in [0.1, 0.15) is 12.1 Å². The zero-order valence-corrected chi connectivity index (χ0v) is 23.0. The predicted octanol–water partition coefficient (Wildman–Crippen LogP) is 4.15.